The summed E-state index contributed by atoms with van der Waals surface area (Å²) in [6, 6.07) is 11.4. The summed E-state index contributed by atoms with van der Waals surface area (Å²) in [5.74, 6) is 1.01. The zero-order chi connectivity index (χ0) is 13.9. The van der Waals surface area contributed by atoms with Gasteiger partial charge in [-0.3, -0.25) is 4.98 Å². The Hall–Kier alpha value is -2.05. The summed E-state index contributed by atoms with van der Waals surface area (Å²) in [4.78, 5) is 8.53. The van der Waals surface area contributed by atoms with E-state index in [1.54, 1.807) is 6.20 Å². The van der Waals surface area contributed by atoms with Gasteiger partial charge in [0, 0.05) is 28.3 Å². The SMILES string of the molecule is NCc1cc(-c2nc(-c3ccc(Br)cc3)no2)ccn1. The number of halogens is 1. The molecule has 100 valence electrons. The predicted molar refractivity (Wildman–Crippen MR) is 78.6 cm³/mol. The maximum absolute atomic E-state index is 5.57. The molecule has 1 aromatic carbocycles. The van der Waals surface area contributed by atoms with Gasteiger partial charge in [0.15, 0.2) is 0 Å². The van der Waals surface area contributed by atoms with Crippen LogP contribution in [0.5, 0.6) is 0 Å². The Morgan fingerprint density at radius 2 is 1.90 bits per heavy atom. The average molecular weight is 331 g/mol. The van der Waals surface area contributed by atoms with Crippen LogP contribution in [0, 0.1) is 0 Å². The van der Waals surface area contributed by atoms with Gasteiger partial charge >= 0.3 is 0 Å². The number of pyridine rings is 1. The van der Waals surface area contributed by atoms with E-state index in [1.807, 2.05) is 36.4 Å². The number of hydrogen-bond donors (Lipinski definition) is 1. The minimum atomic E-state index is 0.377. The van der Waals surface area contributed by atoms with Crippen molar-refractivity contribution in [2.75, 3.05) is 0 Å². The molecule has 3 rings (SSSR count). The highest BCUT2D eigenvalue weighted by molar-refractivity contribution is 9.10. The number of nitrogens with zero attached hydrogens (tertiary/aromatic N) is 3. The molecule has 0 spiro atoms. The Morgan fingerprint density at radius 1 is 1.10 bits per heavy atom. The van der Waals surface area contributed by atoms with Crippen LogP contribution < -0.4 is 5.73 Å². The van der Waals surface area contributed by atoms with Crippen LogP contribution in [-0.2, 0) is 6.54 Å². The normalized spacial score (nSPS) is 10.7. The van der Waals surface area contributed by atoms with Crippen LogP contribution >= 0.6 is 15.9 Å². The van der Waals surface area contributed by atoms with Crippen molar-refractivity contribution in [3.8, 4) is 22.8 Å². The molecular weight excluding hydrogens is 320 g/mol. The number of rotatable bonds is 3. The second-order valence-electron chi connectivity index (χ2n) is 4.17. The summed E-state index contributed by atoms with van der Waals surface area (Å²) >= 11 is 3.39. The van der Waals surface area contributed by atoms with Crippen LogP contribution in [0.3, 0.4) is 0 Å². The molecule has 0 atom stereocenters. The average Bonchev–Trinajstić information content (AvgIpc) is 2.98. The second kappa shape index (κ2) is 5.52. The number of hydrogen-bond acceptors (Lipinski definition) is 5. The maximum atomic E-state index is 5.57. The fraction of sp³-hybridized carbons (Fsp3) is 0.0714. The van der Waals surface area contributed by atoms with Crippen molar-refractivity contribution < 1.29 is 4.52 Å². The van der Waals surface area contributed by atoms with E-state index in [2.05, 4.69) is 31.1 Å². The molecule has 0 fully saturated rings. The third-order valence-electron chi connectivity index (χ3n) is 2.80. The molecule has 0 unspecified atom stereocenters. The fourth-order valence-corrected chi connectivity index (χ4v) is 2.04. The zero-order valence-corrected chi connectivity index (χ0v) is 12.0. The first-order valence-corrected chi connectivity index (χ1v) is 6.80. The number of aromatic nitrogens is 3. The highest BCUT2D eigenvalue weighted by Crippen LogP contribution is 2.23. The minimum absolute atomic E-state index is 0.377. The van der Waals surface area contributed by atoms with Gasteiger partial charge in [-0.05, 0) is 36.4 Å². The largest absolute Gasteiger partial charge is 0.334 e. The Morgan fingerprint density at radius 3 is 2.65 bits per heavy atom. The van der Waals surface area contributed by atoms with E-state index >= 15 is 0 Å². The molecule has 20 heavy (non-hydrogen) atoms. The summed E-state index contributed by atoms with van der Waals surface area (Å²) in [6.45, 7) is 0.377. The summed E-state index contributed by atoms with van der Waals surface area (Å²) in [7, 11) is 0. The first-order valence-electron chi connectivity index (χ1n) is 6.01. The quantitative estimate of drug-likeness (QED) is 0.798. The fourth-order valence-electron chi connectivity index (χ4n) is 1.78. The summed E-state index contributed by atoms with van der Waals surface area (Å²) in [5.41, 5.74) is 8.07. The number of benzene rings is 1. The van der Waals surface area contributed by atoms with E-state index in [0.29, 0.717) is 18.3 Å². The maximum Gasteiger partial charge on any atom is 0.258 e. The lowest BCUT2D eigenvalue weighted by Gasteiger charge is -1.97. The van der Waals surface area contributed by atoms with Crippen molar-refractivity contribution in [1.29, 1.82) is 0 Å². The molecule has 0 aliphatic heterocycles. The van der Waals surface area contributed by atoms with Crippen molar-refractivity contribution in [2.24, 2.45) is 5.73 Å². The van der Waals surface area contributed by atoms with E-state index in [4.69, 9.17) is 10.3 Å². The van der Waals surface area contributed by atoms with Crippen LogP contribution in [0.4, 0.5) is 0 Å². The smallest absolute Gasteiger partial charge is 0.258 e. The molecule has 0 radical (unpaired) electrons. The molecular formula is C14H11BrN4O. The highest BCUT2D eigenvalue weighted by atomic mass is 79.9. The minimum Gasteiger partial charge on any atom is -0.334 e. The monoisotopic (exact) mass is 330 g/mol. The highest BCUT2D eigenvalue weighted by Gasteiger charge is 2.11. The standard InChI is InChI=1S/C14H11BrN4O/c15-11-3-1-9(2-4-11)13-18-14(20-19-13)10-5-6-17-12(7-10)8-16/h1-7H,8,16H2. The van der Waals surface area contributed by atoms with Crippen LogP contribution in [0.1, 0.15) is 5.69 Å². The van der Waals surface area contributed by atoms with Gasteiger partial charge in [0.2, 0.25) is 5.82 Å². The van der Waals surface area contributed by atoms with Gasteiger partial charge in [-0.25, -0.2) is 0 Å². The molecule has 0 saturated heterocycles. The Kier molecular flexibility index (Phi) is 3.58. The van der Waals surface area contributed by atoms with Gasteiger partial charge in [-0.2, -0.15) is 4.98 Å². The molecule has 2 aromatic heterocycles. The summed E-state index contributed by atoms with van der Waals surface area (Å²) in [6.07, 6.45) is 1.68. The van der Waals surface area contributed by atoms with Crippen LogP contribution in [0.15, 0.2) is 51.6 Å². The van der Waals surface area contributed by atoms with Crippen molar-refractivity contribution >= 4 is 15.9 Å². The van der Waals surface area contributed by atoms with E-state index in [9.17, 15) is 0 Å². The molecule has 0 aliphatic carbocycles. The molecule has 0 bridgehead atoms. The lowest BCUT2D eigenvalue weighted by Crippen LogP contribution is -1.98. The van der Waals surface area contributed by atoms with Gasteiger partial charge in [-0.1, -0.05) is 21.1 Å². The van der Waals surface area contributed by atoms with Crippen molar-refractivity contribution in [2.45, 2.75) is 6.54 Å². The topological polar surface area (TPSA) is 77.8 Å². The molecule has 0 aliphatic rings. The van der Waals surface area contributed by atoms with Gasteiger partial charge in [0.25, 0.3) is 5.89 Å². The van der Waals surface area contributed by atoms with Crippen molar-refractivity contribution in [3.63, 3.8) is 0 Å². The van der Waals surface area contributed by atoms with Gasteiger partial charge < -0.3 is 10.3 Å². The molecule has 0 saturated carbocycles. The molecule has 5 nitrogen and oxygen atoms in total. The molecule has 2 N–H and O–H groups in total. The van der Waals surface area contributed by atoms with E-state index in [1.165, 1.54) is 0 Å². The summed E-state index contributed by atoms with van der Waals surface area (Å²) < 4.78 is 6.30. The third kappa shape index (κ3) is 2.61. The second-order valence-corrected chi connectivity index (χ2v) is 5.09. The van der Waals surface area contributed by atoms with Gasteiger partial charge in [-0.15, -0.1) is 0 Å². The first kappa shape index (κ1) is 13.0. The molecule has 3 aromatic rings. The first-order chi connectivity index (χ1) is 9.76. The van der Waals surface area contributed by atoms with Gasteiger partial charge in [0.05, 0.1) is 5.69 Å². The van der Waals surface area contributed by atoms with Crippen molar-refractivity contribution in [1.82, 2.24) is 15.1 Å². The third-order valence-corrected chi connectivity index (χ3v) is 3.33. The van der Waals surface area contributed by atoms with E-state index in [-0.39, 0.29) is 0 Å². The van der Waals surface area contributed by atoms with E-state index in [0.717, 1.165) is 21.3 Å². The van der Waals surface area contributed by atoms with E-state index < -0.39 is 0 Å². The lowest BCUT2D eigenvalue weighted by atomic mass is 10.2. The Balaban J connectivity index is 1.95. The van der Waals surface area contributed by atoms with Gasteiger partial charge in [0.1, 0.15) is 0 Å². The summed E-state index contributed by atoms with van der Waals surface area (Å²) in [5, 5.41) is 3.99. The lowest BCUT2D eigenvalue weighted by molar-refractivity contribution is 0.432. The number of nitrogens with two attached hydrogens (primary N) is 1. The van der Waals surface area contributed by atoms with Crippen LogP contribution in [-0.4, -0.2) is 15.1 Å². The molecule has 0 amide bonds. The Labute approximate surface area is 124 Å². The van der Waals surface area contributed by atoms with Crippen LogP contribution in [0.2, 0.25) is 0 Å². The molecule has 2 heterocycles. The zero-order valence-electron chi connectivity index (χ0n) is 10.5. The molecule has 6 heteroatoms. The Bertz CT molecular complexity index is 724. The predicted octanol–water partition coefficient (Wildman–Crippen LogP) is 3.02. The van der Waals surface area contributed by atoms with Crippen LogP contribution in [0.25, 0.3) is 22.8 Å². The van der Waals surface area contributed by atoms with Crippen molar-refractivity contribution in [3.05, 3.63) is 52.8 Å².